The Bertz CT molecular complexity index is 394. The standard InChI is InChI=1S/C12H16N2O4/c1-18-9-11(15)14(7-4-12(16)17)8-10-2-5-13-6-3-10/h2-3,5-6H,4,7-9H2,1H3,(H,16,17). The van der Waals surface area contributed by atoms with E-state index in [-0.39, 0.29) is 25.5 Å². The highest BCUT2D eigenvalue weighted by molar-refractivity contribution is 5.78. The molecule has 0 aromatic carbocycles. The fourth-order valence-corrected chi connectivity index (χ4v) is 1.45. The summed E-state index contributed by atoms with van der Waals surface area (Å²) in [5.41, 5.74) is 0.903. The fourth-order valence-electron chi connectivity index (χ4n) is 1.45. The first-order valence-electron chi connectivity index (χ1n) is 5.51. The Balaban J connectivity index is 2.64. The molecule has 0 saturated carbocycles. The van der Waals surface area contributed by atoms with Crippen molar-refractivity contribution in [2.75, 3.05) is 20.3 Å². The summed E-state index contributed by atoms with van der Waals surface area (Å²) in [6, 6.07) is 3.57. The maximum atomic E-state index is 11.8. The highest BCUT2D eigenvalue weighted by atomic mass is 16.5. The van der Waals surface area contributed by atoms with Gasteiger partial charge in [-0.2, -0.15) is 0 Å². The van der Waals surface area contributed by atoms with Crippen molar-refractivity contribution >= 4 is 11.9 Å². The van der Waals surface area contributed by atoms with E-state index in [1.807, 2.05) is 0 Å². The number of carbonyl (C=O) groups excluding carboxylic acids is 1. The van der Waals surface area contributed by atoms with Crippen molar-refractivity contribution in [1.29, 1.82) is 0 Å². The number of carboxylic acid groups (broad SMARTS) is 1. The molecule has 98 valence electrons. The van der Waals surface area contributed by atoms with Crippen LogP contribution < -0.4 is 0 Å². The van der Waals surface area contributed by atoms with Gasteiger partial charge in [0.25, 0.3) is 0 Å². The summed E-state index contributed by atoms with van der Waals surface area (Å²) in [5, 5.41) is 8.66. The lowest BCUT2D eigenvalue weighted by Gasteiger charge is -2.21. The van der Waals surface area contributed by atoms with Crippen LogP contribution in [0.3, 0.4) is 0 Å². The second-order valence-corrected chi connectivity index (χ2v) is 3.75. The van der Waals surface area contributed by atoms with Gasteiger partial charge in [0.05, 0.1) is 6.42 Å². The van der Waals surface area contributed by atoms with E-state index < -0.39 is 5.97 Å². The summed E-state index contributed by atoms with van der Waals surface area (Å²) < 4.78 is 4.78. The molecule has 0 fully saturated rings. The minimum Gasteiger partial charge on any atom is -0.481 e. The maximum Gasteiger partial charge on any atom is 0.305 e. The van der Waals surface area contributed by atoms with Crippen molar-refractivity contribution in [3.63, 3.8) is 0 Å². The molecule has 0 aliphatic rings. The van der Waals surface area contributed by atoms with Gasteiger partial charge in [0.1, 0.15) is 6.61 Å². The molecule has 0 atom stereocenters. The average molecular weight is 252 g/mol. The quantitative estimate of drug-likeness (QED) is 0.765. The molecule has 1 heterocycles. The van der Waals surface area contributed by atoms with Gasteiger partial charge in [0.15, 0.2) is 0 Å². The van der Waals surface area contributed by atoms with Crippen LogP contribution in [-0.4, -0.2) is 47.1 Å². The molecule has 0 aliphatic carbocycles. The number of rotatable bonds is 7. The molecule has 1 N–H and O–H groups in total. The Morgan fingerprint density at radius 1 is 1.39 bits per heavy atom. The van der Waals surface area contributed by atoms with Crippen LogP contribution in [0.25, 0.3) is 0 Å². The van der Waals surface area contributed by atoms with E-state index in [0.29, 0.717) is 6.54 Å². The molecule has 0 unspecified atom stereocenters. The lowest BCUT2D eigenvalue weighted by molar-refractivity contribution is -0.140. The number of hydrogen-bond donors (Lipinski definition) is 1. The summed E-state index contributed by atoms with van der Waals surface area (Å²) >= 11 is 0. The first-order valence-corrected chi connectivity index (χ1v) is 5.51. The largest absolute Gasteiger partial charge is 0.481 e. The molecule has 0 radical (unpaired) electrons. The van der Waals surface area contributed by atoms with Gasteiger partial charge in [-0.25, -0.2) is 0 Å². The van der Waals surface area contributed by atoms with E-state index in [4.69, 9.17) is 9.84 Å². The van der Waals surface area contributed by atoms with Crippen molar-refractivity contribution in [2.24, 2.45) is 0 Å². The molecular weight excluding hydrogens is 236 g/mol. The van der Waals surface area contributed by atoms with E-state index in [1.165, 1.54) is 12.0 Å². The summed E-state index contributed by atoms with van der Waals surface area (Å²) in [6.07, 6.45) is 3.18. The fraction of sp³-hybridized carbons (Fsp3) is 0.417. The van der Waals surface area contributed by atoms with Crippen LogP contribution in [0.5, 0.6) is 0 Å². The van der Waals surface area contributed by atoms with Crippen molar-refractivity contribution in [1.82, 2.24) is 9.88 Å². The predicted molar refractivity (Wildman–Crippen MR) is 63.8 cm³/mol. The average Bonchev–Trinajstić information content (AvgIpc) is 2.35. The van der Waals surface area contributed by atoms with Gasteiger partial charge in [-0.05, 0) is 17.7 Å². The Morgan fingerprint density at radius 3 is 2.61 bits per heavy atom. The number of amides is 1. The summed E-state index contributed by atoms with van der Waals surface area (Å²) in [5.74, 6) is -1.16. The van der Waals surface area contributed by atoms with Gasteiger partial charge in [0.2, 0.25) is 5.91 Å². The van der Waals surface area contributed by atoms with Crippen molar-refractivity contribution in [2.45, 2.75) is 13.0 Å². The van der Waals surface area contributed by atoms with Crippen LogP contribution in [0.1, 0.15) is 12.0 Å². The van der Waals surface area contributed by atoms with Crippen LogP contribution in [0.15, 0.2) is 24.5 Å². The first-order chi connectivity index (χ1) is 8.63. The molecule has 18 heavy (non-hydrogen) atoms. The molecule has 0 spiro atoms. The highest BCUT2D eigenvalue weighted by Gasteiger charge is 2.14. The monoisotopic (exact) mass is 252 g/mol. The van der Waals surface area contributed by atoms with Gasteiger partial charge in [0, 0.05) is 32.6 Å². The minimum absolute atomic E-state index is 0.0509. The Labute approximate surface area is 105 Å². The topological polar surface area (TPSA) is 79.7 Å². The van der Waals surface area contributed by atoms with Gasteiger partial charge in [-0.15, -0.1) is 0 Å². The molecule has 1 amide bonds. The minimum atomic E-state index is -0.931. The molecule has 6 nitrogen and oxygen atoms in total. The van der Waals surface area contributed by atoms with Gasteiger partial charge >= 0.3 is 5.97 Å². The Morgan fingerprint density at radius 2 is 2.06 bits per heavy atom. The van der Waals surface area contributed by atoms with Crippen LogP contribution in [0.2, 0.25) is 0 Å². The Kier molecular flexibility index (Phi) is 5.79. The first kappa shape index (κ1) is 14.1. The van der Waals surface area contributed by atoms with E-state index in [1.54, 1.807) is 24.5 Å². The number of carboxylic acids is 1. The number of pyridine rings is 1. The molecular formula is C12H16N2O4. The molecule has 1 aromatic heterocycles. The number of aromatic nitrogens is 1. The van der Waals surface area contributed by atoms with Crippen LogP contribution >= 0.6 is 0 Å². The zero-order valence-electron chi connectivity index (χ0n) is 10.2. The third kappa shape index (κ3) is 4.92. The molecule has 6 heteroatoms. The summed E-state index contributed by atoms with van der Waals surface area (Å²) in [4.78, 5) is 27.7. The van der Waals surface area contributed by atoms with Crippen molar-refractivity contribution in [3.8, 4) is 0 Å². The van der Waals surface area contributed by atoms with E-state index >= 15 is 0 Å². The number of nitrogens with zero attached hydrogens (tertiary/aromatic N) is 2. The number of methoxy groups -OCH3 is 1. The number of carbonyl (C=O) groups is 2. The summed E-state index contributed by atoms with van der Waals surface area (Å²) in [6.45, 7) is 0.475. The Hall–Kier alpha value is -1.95. The van der Waals surface area contributed by atoms with Gasteiger partial charge in [-0.1, -0.05) is 0 Å². The normalized spacial score (nSPS) is 10.1. The summed E-state index contributed by atoms with van der Waals surface area (Å²) in [7, 11) is 1.43. The van der Waals surface area contributed by atoms with Crippen molar-refractivity contribution in [3.05, 3.63) is 30.1 Å². The van der Waals surface area contributed by atoms with E-state index in [0.717, 1.165) is 5.56 Å². The smallest absolute Gasteiger partial charge is 0.305 e. The lowest BCUT2D eigenvalue weighted by atomic mass is 10.2. The highest BCUT2D eigenvalue weighted by Crippen LogP contribution is 2.05. The number of ether oxygens (including phenoxy) is 1. The zero-order valence-corrected chi connectivity index (χ0v) is 10.2. The molecule has 0 bridgehead atoms. The van der Waals surface area contributed by atoms with Crippen LogP contribution in [-0.2, 0) is 20.9 Å². The molecule has 0 saturated heterocycles. The number of aliphatic carboxylic acids is 1. The third-order valence-electron chi connectivity index (χ3n) is 2.34. The van der Waals surface area contributed by atoms with Gasteiger partial charge < -0.3 is 14.7 Å². The zero-order chi connectivity index (χ0) is 13.4. The van der Waals surface area contributed by atoms with Gasteiger partial charge in [-0.3, -0.25) is 14.6 Å². The van der Waals surface area contributed by atoms with E-state index in [2.05, 4.69) is 4.98 Å². The second kappa shape index (κ2) is 7.39. The second-order valence-electron chi connectivity index (χ2n) is 3.75. The molecule has 1 rings (SSSR count). The van der Waals surface area contributed by atoms with E-state index in [9.17, 15) is 9.59 Å². The maximum absolute atomic E-state index is 11.8. The lowest BCUT2D eigenvalue weighted by Crippen LogP contribution is -2.35. The SMILES string of the molecule is COCC(=O)N(CCC(=O)O)Cc1ccncc1. The number of hydrogen-bond acceptors (Lipinski definition) is 4. The third-order valence-corrected chi connectivity index (χ3v) is 2.34. The predicted octanol–water partition coefficient (Wildman–Crippen LogP) is 0.531. The molecule has 1 aromatic rings. The van der Waals surface area contributed by atoms with Crippen molar-refractivity contribution < 1.29 is 19.4 Å². The molecule has 0 aliphatic heterocycles. The van der Waals surface area contributed by atoms with Crippen LogP contribution in [0, 0.1) is 0 Å². The van der Waals surface area contributed by atoms with Crippen LogP contribution in [0.4, 0.5) is 0 Å².